The Labute approximate surface area is 115 Å². The summed E-state index contributed by atoms with van der Waals surface area (Å²) in [5.74, 6) is 0.233. The lowest BCUT2D eigenvalue weighted by molar-refractivity contribution is -0.134. The summed E-state index contributed by atoms with van der Waals surface area (Å²) in [4.78, 5) is 38.5. The van der Waals surface area contributed by atoms with E-state index in [0.717, 1.165) is 12.8 Å². The van der Waals surface area contributed by atoms with Crippen molar-refractivity contribution in [3.8, 4) is 0 Å². The topological polar surface area (TPSA) is 86.4 Å². The van der Waals surface area contributed by atoms with Crippen LogP contribution in [0, 0.1) is 5.92 Å². The molecule has 0 bridgehead atoms. The zero-order chi connectivity index (χ0) is 14.1. The molecule has 20 heavy (non-hydrogen) atoms. The zero-order valence-electron chi connectivity index (χ0n) is 11.0. The molecule has 1 aliphatic carbocycles. The van der Waals surface area contributed by atoms with Crippen LogP contribution < -0.4 is 5.56 Å². The number of amides is 2. The van der Waals surface area contributed by atoms with Gasteiger partial charge in [0.05, 0.1) is 0 Å². The molecule has 1 saturated heterocycles. The second kappa shape index (κ2) is 5.07. The second-order valence-corrected chi connectivity index (χ2v) is 5.20. The summed E-state index contributed by atoms with van der Waals surface area (Å²) in [7, 11) is 0. The predicted molar refractivity (Wildman–Crippen MR) is 70.1 cm³/mol. The Balaban J connectivity index is 1.59. The first kappa shape index (κ1) is 12.8. The van der Waals surface area contributed by atoms with Gasteiger partial charge in [0, 0.05) is 38.2 Å². The third-order valence-electron chi connectivity index (χ3n) is 3.70. The van der Waals surface area contributed by atoms with Crippen LogP contribution in [0.5, 0.6) is 0 Å². The number of hydrogen-bond acceptors (Lipinski definition) is 4. The number of nitrogens with one attached hydrogen (secondary N) is 1. The highest BCUT2D eigenvalue weighted by Gasteiger charge is 2.35. The highest BCUT2D eigenvalue weighted by molar-refractivity contribution is 5.92. The molecule has 1 aromatic heterocycles. The first-order valence-corrected chi connectivity index (χ1v) is 6.79. The molecule has 1 saturated carbocycles. The van der Waals surface area contributed by atoms with Gasteiger partial charge in [0.1, 0.15) is 5.69 Å². The van der Waals surface area contributed by atoms with Gasteiger partial charge in [0.25, 0.3) is 11.5 Å². The number of aromatic nitrogens is 2. The van der Waals surface area contributed by atoms with Gasteiger partial charge in [0.2, 0.25) is 5.91 Å². The Bertz CT molecular complexity index is 565. The highest BCUT2D eigenvalue weighted by Crippen LogP contribution is 2.31. The van der Waals surface area contributed by atoms with Gasteiger partial charge in [-0.05, 0) is 18.9 Å². The monoisotopic (exact) mass is 276 g/mol. The maximum Gasteiger partial charge on any atom is 0.274 e. The van der Waals surface area contributed by atoms with E-state index in [0.29, 0.717) is 26.2 Å². The van der Waals surface area contributed by atoms with Crippen molar-refractivity contribution in [1.82, 2.24) is 20.0 Å². The first-order chi connectivity index (χ1) is 9.65. The summed E-state index contributed by atoms with van der Waals surface area (Å²) in [5, 5.41) is 5.99. The average Bonchev–Trinajstić information content (AvgIpc) is 3.31. The van der Waals surface area contributed by atoms with Crippen molar-refractivity contribution in [1.29, 1.82) is 0 Å². The van der Waals surface area contributed by atoms with Crippen LogP contribution in [0.2, 0.25) is 0 Å². The van der Waals surface area contributed by atoms with Crippen molar-refractivity contribution in [2.75, 3.05) is 26.2 Å². The Kier molecular flexibility index (Phi) is 3.25. The molecule has 3 rings (SSSR count). The fraction of sp³-hybridized carbons (Fsp3) is 0.538. The third-order valence-corrected chi connectivity index (χ3v) is 3.70. The Morgan fingerprint density at radius 2 is 1.75 bits per heavy atom. The second-order valence-electron chi connectivity index (χ2n) is 5.20. The SMILES string of the molecule is O=C(c1ccc(=O)[nH]n1)N1CCN(C(=O)C2CC2)CC1. The van der Waals surface area contributed by atoms with Gasteiger partial charge in [0.15, 0.2) is 0 Å². The average molecular weight is 276 g/mol. The Morgan fingerprint density at radius 3 is 2.30 bits per heavy atom. The molecule has 1 N–H and O–H groups in total. The zero-order valence-corrected chi connectivity index (χ0v) is 11.0. The molecule has 2 heterocycles. The van der Waals surface area contributed by atoms with E-state index in [1.807, 2.05) is 4.90 Å². The van der Waals surface area contributed by atoms with E-state index in [4.69, 9.17) is 0 Å². The van der Waals surface area contributed by atoms with Gasteiger partial charge < -0.3 is 9.80 Å². The van der Waals surface area contributed by atoms with Crippen molar-refractivity contribution in [2.24, 2.45) is 5.92 Å². The lowest BCUT2D eigenvalue weighted by Gasteiger charge is -2.34. The normalized spacial score (nSPS) is 19.0. The van der Waals surface area contributed by atoms with E-state index in [1.54, 1.807) is 4.90 Å². The van der Waals surface area contributed by atoms with Crippen LogP contribution >= 0.6 is 0 Å². The van der Waals surface area contributed by atoms with Crippen molar-refractivity contribution in [3.05, 3.63) is 28.2 Å². The molecule has 7 heteroatoms. The number of carbonyl (C=O) groups excluding carboxylic acids is 2. The van der Waals surface area contributed by atoms with Crippen molar-refractivity contribution in [3.63, 3.8) is 0 Å². The van der Waals surface area contributed by atoms with Gasteiger partial charge in [-0.15, -0.1) is 0 Å². The fourth-order valence-electron chi connectivity index (χ4n) is 2.34. The quantitative estimate of drug-likeness (QED) is 0.786. The summed E-state index contributed by atoms with van der Waals surface area (Å²) in [5.41, 5.74) is -0.104. The van der Waals surface area contributed by atoms with Gasteiger partial charge in [-0.3, -0.25) is 14.4 Å². The first-order valence-electron chi connectivity index (χ1n) is 6.79. The lowest BCUT2D eigenvalue weighted by Crippen LogP contribution is -2.51. The Morgan fingerprint density at radius 1 is 1.10 bits per heavy atom. The molecule has 2 aliphatic rings. The molecular formula is C13H16N4O3. The number of hydrogen-bond donors (Lipinski definition) is 1. The maximum atomic E-state index is 12.2. The van der Waals surface area contributed by atoms with Crippen LogP contribution in [0.4, 0.5) is 0 Å². The van der Waals surface area contributed by atoms with Crippen LogP contribution in [0.1, 0.15) is 23.3 Å². The molecule has 0 unspecified atom stereocenters. The summed E-state index contributed by atoms with van der Waals surface area (Å²) >= 11 is 0. The Hall–Kier alpha value is -2.18. The van der Waals surface area contributed by atoms with E-state index in [9.17, 15) is 14.4 Å². The minimum absolute atomic E-state index is 0.209. The van der Waals surface area contributed by atoms with Crippen LogP contribution in [0.25, 0.3) is 0 Å². The molecule has 0 aromatic carbocycles. The largest absolute Gasteiger partial charge is 0.339 e. The lowest BCUT2D eigenvalue weighted by atomic mass is 10.2. The molecule has 0 atom stereocenters. The molecule has 1 aromatic rings. The van der Waals surface area contributed by atoms with E-state index < -0.39 is 0 Å². The number of H-pyrrole nitrogens is 1. The maximum absolute atomic E-state index is 12.2. The van der Waals surface area contributed by atoms with Crippen molar-refractivity contribution in [2.45, 2.75) is 12.8 Å². The number of carbonyl (C=O) groups is 2. The standard InChI is InChI=1S/C13H16N4O3/c18-11-4-3-10(14-15-11)13(20)17-7-5-16(6-8-17)12(19)9-1-2-9/h3-4,9H,1-2,5-8H2,(H,15,18). The molecule has 0 radical (unpaired) electrons. The summed E-state index contributed by atoms with van der Waals surface area (Å²) in [6.07, 6.45) is 2.00. The van der Waals surface area contributed by atoms with Crippen molar-refractivity contribution >= 4 is 11.8 Å². The van der Waals surface area contributed by atoms with Crippen LogP contribution in [-0.2, 0) is 4.79 Å². The van der Waals surface area contributed by atoms with Gasteiger partial charge in [-0.25, -0.2) is 5.10 Å². The number of aromatic amines is 1. The van der Waals surface area contributed by atoms with E-state index >= 15 is 0 Å². The van der Waals surface area contributed by atoms with E-state index in [-0.39, 0.29) is 29.0 Å². The highest BCUT2D eigenvalue weighted by atomic mass is 16.2. The molecule has 2 fully saturated rings. The van der Waals surface area contributed by atoms with Gasteiger partial charge in [-0.1, -0.05) is 0 Å². The fourth-order valence-corrected chi connectivity index (χ4v) is 2.34. The minimum Gasteiger partial charge on any atom is -0.339 e. The molecule has 1 aliphatic heterocycles. The predicted octanol–water partition coefficient (Wildman–Crippen LogP) is -0.536. The minimum atomic E-state index is -0.332. The molecule has 2 amide bonds. The molecule has 0 spiro atoms. The summed E-state index contributed by atoms with van der Waals surface area (Å²) in [6.45, 7) is 2.17. The van der Waals surface area contributed by atoms with E-state index in [1.165, 1.54) is 12.1 Å². The smallest absolute Gasteiger partial charge is 0.274 e. The van der Waals surface area contributed by atoms with Gasteiger partial charge >= 0.3 is 0 Å². The molecular weight excluding hydrogens is 260 g/mol. The summed E-state index contributed by atoms with van der Waals surface area (Å²) < 4.78 is 0. The number of piperazine rings is 1. The van der Waals surface area contributed by atoms with Crippen LogP contribution in [0.3, 0.4) is 0 Å². The van der Waals surface area contributed by atoms with Crippen LogP contribution in [-0.4, -0.2) is 58.0 Å². The molecule has 7 nitrogen and oxygen atoms in total. The summed E-state index contributed by atoms with van der Waals surface area (Å²) in [6, 6.07) is 2.70. The van der Waals surface area contributed by atoms with Crippen LogP contribution in [0.15, 0.2) is 16.9 Å². The van der Waals surface area contributed by atoms with E-state index in [2.05, 4.69) is 10.2 Å². The van der Waals surface area contributed by atoms with Gasteiger partial charge in [-0.2, -0.15) is 5.10 Å². The molecule has 106 valence electrons. The number of nitrogens with zero attached hydrogens (tertiary/aromatic N) is 3. The number of rotatable bonds is 2. The third kappa shape index (κ3) is 2.56. The van der Waals surface area contributed by atoms with Crippen molar-refractivity contribution < 1.29 is 9.59 Å².